The van der Waals surface area contributed by atoms with Crippen molar-refractivity contribution in [3.63, 3.8) is 0 Å². The molecule has 4 heteroatoms. The monoisotopic (exact) mass is 289 g/mol. The van der Waals surface area contributed by atoms with E-state index in [4.69, 9.17) is 5.11 Å². The number of hydrogen-bond donors (Lipinski definition) is 2. The van der Waals surface area contributed by atoms with Gasteiger partial charge >= 0.3 is 5.97 Å². The summed E-state index contributed by atoms with van der Waals surface area (Å²) in [5.74, 6) is -0.791. The standard InChI is InChI=1S/C16H19NO2S/c1-12(9-15-3-2-8-20-15)17-11-14-6-4-13(5-7-14)10-16(18)19/h2-8,12,17H,9-11H2,1H3,(H,18,19). The summed E-state index contributed by atoms with van der Waals surface area (Å²) in [6, 6.07) is 12.4. The molecule has 0 amide bonds. The molecule has 20 heavy (non-hydrogen) atoms. The molecular weight excluding hydrogens is 270 g/mol. The Labute approximate surface area is 123 Å². The fraction of sp³-hybridized carbons (Fsp3) is 0.312. The molecule has 1 aromatic carbocycles. The first-order valence-electron chi connectivity index (χ1n) is 6.69. The molecule has 0 radical (unpaired) electrons. The molecule has 2 N–H and O–H groups in total. The number of rotatable bonds is 7. The molecule has 0 aliphatic heterocycles. The van der Waals surface area contributed by atoms with Crippen LogP contribution >= 0.6 is 11.3 Å². The van der Waals surface area contributed by atoms with Gasteiger partial charge in [-0.1, -0.05) is 30.3 Å². The lowest BCUT2D eigenvalue weighted by Crippen LogP contribution is -2.27. The lowest BCUT2D eigenvalue weighted by Gasteiger charge is -2.13. The maximum absolute atomic E-state index is 10.6. The van der Waals surface area contributed by atoms with E-state index in [1.165, 1.54) is 10.4 Å². The van der Waals surface area contributed by atoms with Gasteiger partial charge in [0, 0.05) is 17.5 Å². The third-order valence-electron chi connectivity index (χ3n) is 3.12. The Kier molecular flexibility index (Phi) is 5.32. The van der Waals surface area contributed by atoms with Crippen LogP contribution in [0.1, 0.15) is 22.9 Å². The zero-order valence-corrected chi connectivity index (χ0v) is 12.3. The van der Waals surface area contributed by atoms with Crippen LogP contribution in [0.25, 0.3) is 0 Å². The molecule has 0 saturated carbocycles. The van der Waals surface area contributed by atoms with Gasteiger partial charge in [-0.25, -0.2) is 0 Å². The van der Waals surface area contributed by atoms with Crippen LogP contribution in [0.2, 0.25) is 0 Å². The Morgan fingerprint density at radius 3 is 2.55 bits per heavy atom. The van der Waals surface area contributed by atoms with Crippen LogP contribution in [-0.4, -0.2) is 17.1 Å². The van der Waals surface area contributed by atoms with Crippen LogP contribution in [0.15, 0.2) is 41.8 Å². The summed E-state index contributed by atoms with van der Waals surface area (Å²) in [4.78, 5) is 12.0. The van der Waals surface area contributed by atoms with Crippen LogP contribution in [0.5, 0.6) is 0 Å². The van der Waals surface area contributed by atoms with Crippen LogP contribution in [0.4, 0.5) is 0 Å². The molecule has 2 aromatic rings. The SMILES string of the molecule is CC(Cc1cccs1)NCc1ccc(CC(=O)O)cc1. The van der Waals surface area contributed by atoms with E-state index in [1.807, 2.05) is 24.3 Å². The molecule has 2 rings (SSSR count). The number of nitrogens with one attached hydrogen (secondary N) is 1. The van der Waals surface area contributed by atoms with Gasteiger partial charge in [-0.3, -0.25) is 4.79 Å². The number of carboxylic acids is 1. The maximum Gasteiger partial charge on any atom is 0.307 e. The van der Waals surface area contributed by atoms with Crippen molar-refractivity contribution in [2.75, 3.05) is 0 Å². The fourth-order valence-corrected chi connectivity index (χ4v) is 2.88. The molecule has 0 saturated heterocycles. The van der Waals surface area contributed by atoms with Crippen molar-refractivity contribution in [1.29, 1.82) is 0 Å². The summed E-state index contributed by atoms with van der Waals surface area (Å²) in [6.45, 7) is 2.98. The zero-order valence-electron chi connectivity index (χ0n) is 11.5. The Morgan fingerprint density at radius 2 is 1.95 bits per heavy atom. The van der Waals surface area contributed by atoms with Gasteiger partial charge in [0.05, 0.1) is 6.42 Å². The van der Waals surface area contributed by atoms with Gasteiger partial charge < -0.3 is 10.4 Å². The first kappa shape index (κ1) is 14.8. The van der Waals surface area contributed by atoms with E-state index in [0.717, 1.165) is 18.5 Å². The summed E-state index contributed by atoms with van der Waals surface area (Å²) in [5.41, 5.74) is 2.02. The van der Waals surface area contributed by atoms with E-state index >= 15 is 0 Å². The van der Waals surface area contributed by atoms with Crippen LogP contribution < -0.4 is 5.32 Å². The lowest BCUT2D eigenvalue weighted by molar-refractivity contribution is -0.136. The predicted molar refractivity (Wildman–Crippen MR) is 82.1 cm³/mol. The number of thiophene rings is 1. The summed E-state index contributed by atoms with van der Waals surface area (Å²) < 4.78 is 0. The van der Waals surface area contributed by atoms with Crippen molar-refractivity contribution in [1.82, 2.24) is 5.32 Å². The Balaban J connectivity index is 1.80. The minimum absolute atomic E-state index is 0.0858. The molecule has 0 bridgehead atoms. The Hall–Kier alpha value is -1.65. The van der Waals surface area contributed by atoms with Crippen LogP contribution in [0, 0.1) is 0 Å². The van der Waals surface area contributed by atoms with Crippen molar-refractivity contribution in [3.05, 3.63) is 57.8 Å². The van der Waals surface area contributed by atoms with Gasteiger partial charge in [0.25, 0.3) is 0 Å². The highest BCUT2D eigenvalue weighted by atomic mass is 32.1. The summed E-state index contributed by atoms with van der Waals surface area (Å²) in [6.07, 6.45) is 1.12. The minimum Gasteiger partial charge on any atom is -0.481 e. The third-order valence-corrected chi connectivity index (χ3v) is 4.02. The molecule has 0 aliphatic carbocycles. The number of carbonyl (C=O) groups is 1. The van der Waals surface area contributed by atoms with Gasteiger partial charge in [0.2, 0.25) is 0 Å². The van der Waals surface area contributed by atoms with E-state index < -0.39 is 5.97 Å². The summed E-state index contributed by atoms with van der Waals surface area (Å²) in [7, 11) is 0. The van der Waals surface area contributed by atoms with Crippen molar-refractivity contribution < 1.29 is 9.90 Å². The number of hydrogen-bond acceptors (Lipinski definition) is 3. The highest BCUT2D eigenvalue weighted by Gasteiger charge is 2.04. The first-order valence-corrected chi connectivity index (χ1v) is 7.57. The molecule has 1 atom stereocenters. The van der Waals surface area contributed by atoms with Crippen LogP contribution in [0.3, 0.4) is 0 Å². The molecule has 0 aliphatic rings. The average Bonchev–Trinajstić information content (AvgIpc) is 2.90. The second-order valence-corrected chi connectivity index (χ2v) is 5.98. The average molecular weight is 289 g/mol. The third kappa shape index (κ3) is 4.79. The second-order valence-electron chi connectivity index (χ2n) is 4.95. The van der Waals surface area contributed by atoms with Crippen molar-refractivity contribution in [2.45, 2.75) is 32.4 Å². The normalized spacial score (nSPS) is 12.2. The van der Waals surface area contributed by atoms with E-state index in [2.05, 4.69) is 29.8 Å². The highest BCUT2D eigenvalue weighted by Crippen LogP contribution is 2.11. The Bertz CT molecular complexity index is 534. The van der Waals surface area contributed by atoms with E-state index in [0.29, 0.717) is 6.04 Å². The molecule has 1 heterocycles. The summed E-state index contributed by atoms with van der Waals surface area (Å²) in [5, 5.41) is 14.3. The van der Waals surface area contributed by atoms with Gasteiger partial charge in [-0.15, -0.1) is 11.3 Å². The lowest BCUT2D eigenvalue weighted by atomic mass is 10.1. The van der Waals surface area contributed by atoms with E-state index in [9.17, 15) is 4.79 Å². The number of benzene rings is 1. The Morgan fingerprint density at radius 1 is 1.25 bits per heavy atom. The van der Waals surface area contributed by atoms with Gasteiger partial charge in [0.1, 0.15) is 0 Å². The van der Waals surface area contributed by atoms with Gasteiger partial charge in [-0.2, -0.15) is 0 Å². The second kappa shape index (κ2) is 7.22. The van der Waals surface area contributed by atoms with Crippen molar-refractivity contribution >= 4 is 17.3 Å². The van der Waals surface area contributed by atoms with Crippen molar-refractivity contribution in [3.8, 4) is 0 Å². The summed E-state index contributed by atoms with van der Waals surface area (Å²) >= 11 is 1.78. The molecule has 106 valence electrons. The smallest absolute Gasteiger partial charge is 0.307 e. The van der Waals surface area contributed by atoms with Gasteiger partial charge in [-0.05, 0) is 35.9 Å². The molecule has 0 spiro atoms. The zero-order chi connectivity index (χ0) is 14.4. The predicted octanol–water partition coefficient (Wildman–Crippen LogP) is 3.10. The van der Waals surface area contributed by atoms with E-state index in [-0.39, 0.29) is 6.42 Å². The highest BCUT2D eigenvalue weighted by molar-refractivity contribution is 7.09. The minimum atomic E-state index is -0.791. The largest absolute Gasteiger partial charge is 0.481 e. The first-order chi connectivity index (χ1) is 9.63. The van der Waals surface area contributed by atoms with Crippen molar-refractivity contribution in [2.24, 2.45) is 0 Å². The molecule has 1 unspecified atom stereocenters. The van der Waals surface area contributed by atoms with E-state index in [1.54, 1.807) is 11.3 Å². The number of aliphatic carboxylic acids is 1. The topological polar surface area (TPSA) is 49.3 Å². The quantitative estimate of drug-likeness (QED) is 0.823. The molecule has 0 fully saturated rings. The number of carboxylic acid groups (broad SMARTS) is 1. The van der Waals surface area contributed by atoms with Crippen LogP contribution in [-0.2, 0) is 24.2 Å². The fourth-order valence-electron chi connectivity index (χ4n) is 2.04. The van der Waals surface area contributed by atoms with Gasteiger partial charge in [0.15, 0.2) is 0 Å². The maximum atomic E-state index is 10.6. The molecule has 3 nitrogen and oxygen atoms in total. The molecule has 1 aromatic heterocycles. The molecular formula is C16H19NO2S.